The SMILES string of the molecule is Cc1nc(C(=O)N(C2CC2)C(C)c2ccc(Cl)cc2)ccc1C(=O)O. The molecule has 0 saturated heterocycles. The average Bonchev–Trinajstić information content (AvgIpc) is 3.40. The maximum Gasteiger partial charge on any atom is 0.337 e. The predicted molar refractivity (Wildman–Crippen MR) is 95.0 cm³/mol. The predicted octanol–water partition coefficient (Wildman–Crippen LogP) is 4.11. The van der Waals surface area contributed by atoms with Crippen molar-refractivity contribution < 1.29 is 14.7 Å². The molecule has 1 saturated carbocycles. The molecule has 3 rings (SSSR count). The minimum Gasteiger partial charge on any atom is -0.478 e. The summed E-state index contributed by atoms with van der Waals surface area (Å²) in [6, 6.07) is 10.5. The van der Waals surface area contributed by atoms with Crippen LogP contribution in [0.3, 0.4) is 0 Å². The highest BCUT2D eigenvalue weighted by molar-refractivity contribution is 6.30. The van der Waals surface area contributed by atoms with Crippen LogP contribution in [0.2, 0.25) is 5.02 Å². The Morgan fingerprint density at radius 3 is 2.36 bits per heavy atom. The van der Waals surface area contributed by atoms with E-state index < -0.39 is 5.97 Å². The van der Waals surface area contributed by atoms with Gasteiger partial charge in [-0.3, -0.25) is 4.79 Å². The minimum atomic E-state index is -1.04. The van der Waals surface area contributed by atoms with Crippen LogP contribution < -0.4 is 0 Å². The van der Waals surface area contributed by atoms with E-state index in [9.17, 15) is 9.59 Å². The quantitative estimate of drug-likeness (QED) is 0.873. The first-order valence-electron chi connectivity index (χ1n) is 8.17. The molecular weight excluding hydrogens is 340 g/mol. The fourth-order valence-electron chi connectivity index (χ4n) is 2.95. The van der Waals surface area contributed by atoms with Crippen molar-refractivity contribution in [1.29, 1.82) is 0 Å². The molecule has 1 aliphatic rings. The molecule has 2 aromatic rings. The van der Waals surface area contributed by atoms with Crippen molar-refractivity contribution in [2.24, 2.45) is 0 Å². The maximum atomic E-state index is 13.0. The Morgan fingerprint density at radius 1 is 1.20 bits per heavy atom. The molecule has 130 valence electrons. The first-order chi connectivity index (χ1) is 11.9. The topological polar surface area (TPSA) is 70.5 Å². The molecule has 1 aromatic carbocycles. The van der Waals surface area contributed by atoms with Gasteiger partial charge in [-0.2, -0.15) is 0 Å². The summed E-state index contributed by atoms with van der Waals surface area (Å²) in [6.07, 6.45) is 1.94. The molecule has 1 aliphatic carbocycles. The van der Waals surface area contributed by atoms with E-state index in [2.05, 4.69) is 4.98 Å². The number of aromatic nitrogens is 1. The lowest BCUT2D eigenvalue weighted by atomic mass is 10.1. The molecular formula is C19H19ClN2O3. The number of aromatic carboxylic acids is 1. The van der Waals surface area contributed by atoms with Crippen LogP contribution in [0.25, 0.3) is 0 Å². The van der Waals surface area contributed by atoms with Gasteiger partial charge in [-0.1, -0.05) is 23.7 Å². The van der Waals surface area contributed by atoms with E-state index >= 15 is 0 Å². The number of aryl methyl sites for hydroxylation is 1. The Balaban J connectivity index is 1.90. The fraction of sp³-hybridized carbons (Fsp3) is 0.316. The first-order valence-corrected chi connectivity index (χ1v) is 8.55. The van der Waals surface area contributed by atoms with Gasteiger partial charge in [0.1, 0.15) is 5.69 Å². The molecule has 0 bridgehead atoms. The van der Waals surface area contributed by atoms with Gasteiger partial charge >= 0.3 is 5.97 Å². The summed E-state index contributed by atoms with van der Waals surface area (Å²) in [6.45, 7) is 3.59. The summed E-state index contributed by atoms with van der Waals surface area (Å²) in [4.78, 5) is 30.2. The Morgan fingerprint density at radius 2 is 1.84 bits per heavy atom. The van der Waals surface area contributed by atoms with Crippen LogP contribution in [-0.2, 0) is 0 Å². The van der Waals surface area contributed by atoms with Crippen LogP contribution in [-0.4, -0.2) is 32.9 Å². The normalized spacial score (nSPS) is 14.8. The molecule has 1 N–H and O–H groups in total. The van der Waals surface area contributed by atoms with Crippen LogP contribution in [0.4, 0.5) is 0 Å². The van der Waals surface area contributed by atoms with Crippen molar-refractivity contribution in [3.05, 3.63) is 63.9 Å². The number of carboxylic acids is 1. The summed E-state index contributed by atoms with van der Waals surface area (Å²) in [5.74, 6) is -1.22. The number of carbonyl (C=O) groups excluding carboxylic acids is 1. The van der Waals surface area contributed by atoms with E-state index in [1.54, 1.807) is 6.92 Å². The highest BCUT2D eigenvalue weighted by Gasteiger charge is 2.37. The second-order valence-corrected chi connectivity index (χ2v) is 6.74. The van der Waals surface area contributed by atoms with Crippen molar-refractivity contribution >= 4 is 23.5 Å². The highest BCUT2D eigenvalue weighted by atomic mass is 35.5. The smallest absolute Gasteiger partial charge is 0.337 e. The van der Waals surface area contributed by atoms with Crippen molar-refractivity contribution in [2.45, 2.75) is 38.8 Å². The van der Waals surface area contributed by atoms with Crippen molar-refractivity contribution in [2.75, 3.05) is 0 Å². The molecule has 5 nitrogen and oxygen atoms in total. The number of benzene rings is 1. The highest BCUT2D eigenvalue weighted by Crippen LogP contribution is 2.35. The summed E-state index contributed by atoms with van der Waals surface area (Å²) in [5.41, 5.74) is 1.73. The Kier molecular flexibility index (Phi) is 4.77. The van der Waals surface area contributed by atoms with Crippen LogP contribution >= 0.6 is 11.6 Å². The molecule has 6 heteroatoms. The lowest BCUT2D eigenvalue weighted by Gasteiger charge is -2.29. The molecule has 1 aromatic heterocycles. The number of halogens is 1. The third-order valence-electron chi connectivity index (χ3n) is 4.48. The van der Waals surface area contributed by atoms with Gasteiger partial charge in [0.15, 0.2) is 0 Å². The zero-order chi connectivity index (χ0) is 18.1. The van der Waals surface area contributed by atoms with Gasteiger partial charge in [-0.15, -0.1) is 0 Å². The monoisotopic (exact) mass is 358 g/mol. The van der Waals surface area contributed by atoms with E-state index in [1.807, 2.05) is 36.1 Å². The van der Waals surface area contributed by atoms with Gasteiger partial charge in [-0.25, -0.2) is 9.78 Å². The van der Waals surface area contributed by atoms with Gasteiger partial charge in [0, 0.05) is 11.1 Å². The molecule has 0 radical (unpaired) electrons. The van der Waals surface area contributed by atoms with Crippen LogP contribution in [0.15, 0.2) is 36.4 Å². The van der Waals surface area contributed by atoms with Crippen molar-refractivity contribution in [3.8, 4) is 0 Å². The molecule has 1 fully saturated rings. The Bertz CT molecular complexity index is 816. The Labute approximate surface area is 151 Å². The number of carbonyl (C=O) groups is 2. The van der Waals surface area contributed by atoms with Crippen LogP contribution in [0.1, 0.15) is 57.9 Å². The summed E-state index contributed by atoms with van der Waals surface area (Å²) >= 11 is 5.95. The second-order valence-electron chi connectivity index (χ2n) is 6.31. The number of carboxylic acid groups (broad SMARTS) is 1. The largest absolute Gasteiger partial charge is 0.478 e. The fourth-order valence-corrected chi connectivity index (χ4v) is 3.08. The Hall–Kier alpha value is -2.40. The summed E-state index contributed by atoms with van der Waals surface area (Å²) in [5, 5.41) is 9.77. The lowest BCUT2D eigenvalue weighted by Crippen LogP contribution is -2.36. The number of amides is 1. The lowest BCUT2D eigenvalue weighted by molar-refractivity contribution is 0.0660. The van der Waals surface area contributed by atoms with Gasteiger partial charge in [0.2, 0.25) is 0 Å². The van der Waals surface area contributed by atoms with Gasteiger partial charge in [-0.05, 0) is 56.5 Å². The van der Waals surface area contributed by atoms with E-state index in [-0.39, 0.29) is 29.2 Å². The first kappa shape index (κ1) is 17.4. The van der Waals surface area contributed by atoms with Crippen LogP contribution in [0, 0.1) is 6.92 Å². The molecule has 1 atom stereocenters. The maximum absolute atomic E-state index is 13.0. The molecule has 1 heterocycles. The third-order valence-corrected chi connectivity index (χ3v) is 4.73. The van der Waals surface area contributed by atoms with Crippen LogP contribution in [0.5, 0.6) is 0 Å². The zero-order valence-electron chi connectivity index (χ0n) is 14.1. The molecule has 0 spiro atoms. The molecule has 1 unspecified atom stereocenters. The van der Waals surface area contributed by atoms with Gasteiger partial charge < -0.3 is 10.0 Å². The molecule has 25 heavy (non-hydrogen) atoms. The minimum absolute atomic E-state index is 0.111. The van der Waals surface area contributed by atoms with E-state index in [0.29, 0.717) is 10.7 Å². The molecule has 0 aliphatic heterocycles. The number of hydrogen-bond donors (Lipinski definition) is 1. The zero-order valence-corrected chi connectivity index (χ0v) is 14.8. The summed E-state index contributed by atoms with van der Waals surface area (Å²) < 4.78 is 0. The number of pyridine rings is 1. The summed E-state index contributed by atoms with van der Waals surface area (Å²) in [7, 11) is 0. The third kappa shape index (κ3) is 3.66. The standard InChI is InChI=1S/C19H19ClN2O3/c1-11-16(19(24)25)9-10-17(21-11)18(23)22(15-7-8-15)12(2)13-3-5-14(20)6-4-13/h3-6,9-10,12,15H,7-8H2,1-2H3,(H,24,25). The van der Waals surface area contributed by atoms with Gasteiger partial charge in [0.25, 0.3) is 5.91 Å². The van der Waals surface area contributed by atoms with E-state index in [4.69, 9.17) is 16.7 Å². The van der Waals surface area contributed by atoms with E-state index in [0.717, 1.165) is 18.4 Å². The van der Waals surface area contributed by atoms with Crippen molar-refractivity contribution in [1.82, 2.24) is 9.88 Å². The number of hydrogen-bond acceptors (Lipinski definition) is 3. The van der Waals surface area contributed by atoms with Gasteiger partial charge in [0.05, 0.1) is 17.3 Å². The van der Waals surface area contributed by atoms with Crippen molar-refractivity contribution in [3.63, 3.8) is 0 Å². The number of rotatable bonds is 5. The molecule has 1 amide bonds. The second kappa shape index (κ2) is 6.84. The average molecular weight is 359 g/mol. The van der Waals surface area contributed by atoms with E-state index in [1.165, 1.54) is 12.1 Å². The number of nitrogens with zero attached hydrogens (tertiary/aromatic N) is 2.